The predicted octanol–water partition coefficient (Wildman–Crippen LogP) is 2.20. The number of carbonyl (C=O) groups excluding carboxylic acids is 1. The number of hydrogen-bond acceptors (Lipinski definition) is 2. The summed E-state index contributed by atoms with van der Waals surface area (Å²) in [7, 11) is 1.98. The molecule has 0 aromatic heterocycles. The van der Waals surface area contributed by atoms with Gasteiger partial charge in [-0.3, -0.25) is 4.79 Å². The van der Waals surface area contributed by atoms with E-state index in [9.17, 15) is 4.79 Å². The molecule has 3 heteroatoms. The van der Waals surface area contributed by atoms with Crippen LogP contribution in [-0.4, -0.2) is 5.97 Å². The van der Waals surface area contributed by atoms with Crippen LogP contribution < -0.4 is 0 Å². The van der Waals surface area contributed by atoms with Crippen molar-refractivity contribution < 1.29 is 9.32 Å². The fourth-order valence-electron chi connectivity index (χ4n) is 1.17. The van der Waals surface area contributed by atoms with Gasteiger partial charge in [-0.25, -0.2) is 0 Å². The summed E-state index contributed by atoms with van der Waals surface area (Å²) in [4.78, 5) is 11.1. The van der Waals surface area contributed by atoms with Crippen LogP contribution in [0, 0.1) is 5.92 Å². The van der Waals surface area contributed by atoms with Gasteiger partial charge < -0.3 is 4.52 Å². The monoisotopic (exact) mass is 196 g/mol. The van der Waals surface area contributed by atoms with E-state index in [1.165, 1.54) is 0 Å². The van der Waals surface area contributed by atoms with Crippen molar-refractivity contribution in [3.8, 4) is 0 Å². The summed E-state index contributed by atoms with van der Waals surface area (Å²) in [6.45, 7) is 1.86. The highest BCUT2D eigenvalue weighted by Crippen LogP contribution is 2.10. The van der Waals surface area contributed by atoms with Gasteiger partial charge in [-0.05, 0) is 12.0 Å². The molecule has 0 spiro atoms. The van der Waals surface area contributed by atoms with Crippen LogP contribution in [0.15, 0.2) is 30.3 Å². The normalized spacial score (nSPS) is 12.2. The Morgan fingerprint density at radius 1 is 1.46 bits per heavy atom. The van der Waals surface area contributed by atoms with Gasteiger partial charge in [0, 0.05) is 0 Å². The van der Waals surface area contributed by atoms with Gasteiger partial charge in [-0.2, -0.15) is 0 Å². The van der Waals surface area contributed by atoms with Crippen LogP contribution in [0.5, 0.6) is 0 Å². The molecular formula is C10H13O2P. The first-order valence-electron chi connectivity index (χ1n) is 4.18. The second-order valence-electron chi connectivity index (χ2n) is 3.03. The number of benzene rings is 1. The standard InChI is InChI=1S/C10H13O2P/c1-8(10(11)12-13)7-9-5-3-2-4-6-9/h2-6,8H,7,13H2,1H3/t8-/m0/s1. The Morgan fingerprint density at radius 3 is 2.62 bits per heavy atom. The molecule has 0 aliphatic rings. The molecule has 70 valence electrons. The van der Waals surface area contributed by atoms with Crippen molar-refractivity contribution in [1.29, 1.82) is 0 Å². The van der Waals surface area contributed by atoms with Crippen LogP contribution in [-0.2, 0) is 15.7 Å². The van der Waals surface area contributed by atoms with Crippen LogP contribution in [0.1, 0.15) is 12.5 Å². The van der Waals surface area contributed by atoms with Crippen LogP contribution in [0.4, 0.5) is 0 Å². The molecule has 0 saturated carbocycles. The molecule has 2 atom stereocenters. The number of hydrogen-bond donors (Lipinski definition) is 0. The summed E-state index contributed by atoms with van der Waals surface area (Å²) < 4.78 is 4.56. The largest absolute Gasteiger partial charge is 0.451 e. The van der Waals surface area contributed by atoms with Crippen molar-refractivity contribution in [2.45, 2.75) is 13.3 Å². The number of rotatable bonds is 3. The predicted molar refractivity (Wildman–Crippen MR) is 55.1 cm³/mol. The Kier molecular flexibility index (Phi) is 3.91. The maximum absolute atomic E-state index is 11.1. The molecule has 1 aromatic rings. The lowest BCUT2D eigenvalue weighted by molar-refractivity contribution is -0.137. The second kappa shape index (κ2) is 4.98. The van der Waals surface area contributed by atoms with Crippen LogP contribution in [0.25, 0.3) is 0 Å². The lowest BCUT2D eigenvalue weighted by Gasteiger charge is -2.07. The first-order chi connectivity index (χ1) is 6.24. The van der Waals surface area contributed by atoms with E-state index in [1.807, 2.05) is 46.7 Å². The first kappa shape index (κ1) is 10.2. The third-order valence-electron chi connectivity index (χ3n) is 1.90. The average Bonchev–Trinajstić information content (AvgIpc) is 2.18. The molecule has 1 aromatic carbocycles. The smallest absolute Gasteiger partial charge is 0.311 e. The Hall–Kier alpha value is -0.880. The van der Waals surface area contributed by atoms with Crippen molar-refractivity contribution in [1.82, 2.24) is 0 Å². The third-order valence-corrected chi connectivity index (χ3v) is 2.14. The molecule has 0 aliphatic heterocycles. The minimum absolute atomic E-state index is 0.0834. The zero-order valence-electron chi connectivity index (χ0n) is 7.57. The van der Waals surface area contributed by atoms with Gasteiger partial charge in [0.1, 0.15) is 0 Å². The van der Waals surface area contributed by atoms with Crippen LogP contribution in [0.3, 0.4) is 0 Å². The fraction of sp³-hybridized carbons (Fsp3) is 0.300. The third kappa shape index (κ3) is 3.16. The Labute approximate surface area is 80.6 Å². The maximum Gasteiger partial charge on any atom is 0.311 e. The molecule has 0 fully saturated rings. The minimum Gasteiger partial charge on any atom is -0.451 e. The topological polar surface area (TPSA) is 26.3 Å². The lowest BCUT2D eigenvalue weighted by Crippen LogP contribution is -2.12. The molecule has 0 aliphatic carbocycles. The van der Waals surface area contributed by atoms with E-state index in [4.69, 9.17) is 0 Å². The Balaban J connectivity index is 2.55. The summed E-state index contributed by atoms with van der Waals surface area (Å²) in [6.07, 6.45) is 0.730. The quantitative estimate of drug-likeness (QED) is 0.693. The summed E-state index contributed by atoms with van der Waals surface area (Å²) >= 11 is 0. The van der Waals surface area contributed by atoms with Gasteiger partial charge >= 0.3 is 5.97 Å². The van der Waals surface area contributed by atoms with Crippen molar-refractivity contribution in [3.05, 3.63) is 35.9 Å². The van der Waals surface area contributed by atoms with Gasteiger partial charge in [0.15, 0.2) is 0 Å². The van der Waals surface area contributed by atoms with E-state index in [2.05, 4.69) is 4.52 Å². The van der Waals surface area contributed by atoms with E-state index < -0.39 is 0 Å². The second-order valence-corrected chi connectivity index (χ2v) is 3.26. The van der Waals surface area contributed by atoms with E-state index >= 15 is 0 Å². The highest BCUT2D eigenvalue weighted by Gasteiger charge is 2.12. The van der Waals surface area contributed by atoms with Crippen LogP contribution >= 0.6 is 9.47 Å². The molecular weight excluding hydrogens is 183 g/mol. The molecule has 0 heterocycles. The molecule has 0 radical (unpaired) electrons. The highest BCUT2D eigenvalue weighted by atomic mass is 31.0. The van der Waals surface area contributed by atoms with Crippen molar-refractivity contribution in [2.75, 3.05) is 0 Å². The zero-order chi connectivity index (χ0) is 9.68. The van der Waals surface area contributed by atoms with Gasteiger partial charge in [0.25, 0.3) is 0 Å². The summed E-state index contributed by atoms with van der Waals surface area (Å²) in [5.74, 6) is -0.270. The summed E-state index contributed by atoms with van der Waals surface area (Å²) in [5, 5.41) is 0. The molecule has 0 saturated heterocycles. The minimum atomic E-state index is -0.186. The van der Waals surface area contributed by atoms with Gasteiger partial charge in [0.2, 0.25) is 0 Å². The molecule has 2 nitrogen and oxygen atoms in total. The molecule has 0 amide bonds. The van der Waals surface area contributed by atoms with Crippen molar-refractivity contribution in [3.63, 3.8) is 0 Å². The molecule has 0 N–H and O–H groups in total. The first-order valence-corrected chi connectivity index (χ1v) is 4.65. The van der Waals surface area contributed by atoms with Gasteiger partial charge in [0.05, 0.1) is 15.4 Å². The Bertz CT molecular complexity index is 272. The highest BCUT2D eigenvalue weighted by molar-refractivity contribution is 7.10. The van der Waals surface area contributed by atoms with Gasteiger partial charge in [-0.15, -0.1) is 0 Å². The zero-order valence-corrected chi connectivity index (χ0v) is 8.72. The molecule has 0 bridgehead atoms. The van der Waals surface area contributed by atoms with Crippen LogP contribution in [0.2, 0.25) is 0 Å². The van der Waals surface area contributed by atoms with E-state index in [-0.39, 0.29) is 11.9 Å². The summed E-state index contributed by atoms with van der Waals surface area (Å²) in [5.41, 5.74) is 1.16. The molecule has 13 heavy (non-hydrogen) atoms. The fourth-order valence-corrected chi connectivity index (χ4v) is 1.40. The van der Waals surface area contributed by atoms with E-state index in [1.54, 1.807) is 0 Å². The maximum atomic E-state index is 11.1. The average molecular weight is 196 g/mol. The Morgan fingerprint density at radius 2 is 2.08 bits per heavy atom. The molecule has 1 unspecified atom stereocenters. The van der Waals surface area contributed by atoms with Crippen molar-refractivity contribution in [2.24, 2.45) is 5.92 Å². The van der Waals surface area contributed by atoms with Gasteiger partial charge in [-0.1, -0.05) is 37.3 Å². The lowest BCUT2D eigenvalue weighted by atomic mass is 10.0. The van der Waals surface area contributed by atoms with E-state index in [0.717, 1.165) is 12.0 Å². The van der Waals surface area contributed by atoms with Crippen molar-refractivity contribution >= 4 is 15.4 Å². The molecule has 1 rings (SSSR count). The summed E-state index contributed by atoms with van der Waals surface area (Å²) in [6, 6.07) is 9.91. The number of carbonyl (C=O) groups is 1. The SMILES string of the molecule is C[C@@H](Cc1ccccc1)C(=O)OP. The van der Waals surface area contributed by atoms with E-state index in [0.29, 0.717) is 0 Å².